The number of ether oxygens (including phenoxy) is 2. The van der Waals surface area contributed by atoms with E-state index in [1.807, 2.05) is 0 Å². The topological polar surface area (TPSA) is 45.3 Å². The first-order valence-electron chi connectivity index (χ1n) is 12.9. The predicted molar refractivity (Wildman–Crippen MR) is 115 cm³/mol. The molecule has 3 saturated carbocycles. The highest BCUT2D eigenvalue weighted by Gasteiger charge is 2.65. The SMILES string of the molecule is C[C@]12CCC[C@]3(CO3)[C@@H]1C[C@H]1[C@@H](C2)OC(=O)[C@@H]1CN1CCN(C2CCCCC2)CC1. The molecular formula is C25H40N2O3. The zero-order chi connectivity index (χ0) is 20.3. The average Bonchev–Trinajstić information content (AvgIpc) is 3.46. The quantitative estimate of drug-likeness (QED) is 0.521. The highest BCUT2D eigenvalue weighted by molar-refractivity contribution is 5.75. The maximum absolute atomic E-state index is 12.9. The van der Waals surface area contributed by atoms with Gasteiger partial charge in [-0.1, -0.05) is 26.2 Å². The van der Waals surface area contributed by atoms with Crippen molar-refractivity contribution in [3.63, 3.8) is 0 Å². The van der Waals surface area contributed by atoms with Crippen LogP contribution in [0.15, 0.2) is 0 Å². The Hall–Kier alpha value is -0.650. The number of carbonyl (C=O) groups is 1. The summed E-state index contributed by atoms with van der Waals surface area (Å²) in [5, 5.41) is 0. The van der Waals surface area contributed by atoms with Gasteiger partial charge in [0.15, 0.2) is 0 Å². The maximum atomic E-state index is 12.9. The summed E-state index contributed by atoms with van der Waals surface area (Å²) >= 11 is 0. The van der Waals surface area contributed by atoms with E-state index in [4.69, 9.17) is 9.47 Å². The van der Waals surface area contributed by atoms with E-state index in [9.17, 15) is 4.79 Å². The third kappa shape index (κ3) is 3.34. The van der Waals surface area contributed by atoms with Crippen molar-refractivity contribution in [2.45, 2.75) is 88.9 Å². The molecule has 1 spiro atoms. The van der Waals surface area contributed by atoms with Crippen LogP contribution in [-0.2, 0) is 14.3 Å². The number of hydrogen-bond donors (Lipinski definition) is 0. The smallest absolute Gasteiger partial charge is 0.310 e. The fourth-order valence-corrected chi connectivity index (χ4v) is 8.20. The summed E-state index contributed by atoms with van der Waals surface area (Å²) in [6.07, 6.45) is 13.2. The van der Waals surface area contributed by atoms with Gasteiger partial charge >= 0.3 is 5.97 Å². The van der Waals surface area contributed by atoms with Gasteiger partial charge < -0.3 is 9.47 Å². The first-order valence-corrected chi connectivity index (χ1v) is 12.9. The lowest BCUT2D eigenvalue weighted by Crippen LogP contribution is -2.53. The van der Waals surface area contributed by atoms with Crippen LogP contribution in [-0.4, -0.2) is 72.8 Å². The van der Waals surface area contributed by atoms with Crippen LogP contribution in [0.1, 0.15) is 71.1 Å². The molecule has 6 rings (SSSR count). The van der Waals surface area contributed by atoms with E-state index in [-0.39, 0.29) is 23.6 Å². The Balaban J connectivity index is 1.10. The van der Waals surface area contributed by atoms with Crippen molar-refractivity contribution in [1.29, 1.82) is 0 Å². The van der Waals surface area contributed by atoms with Crippen LogP contribution in [0.25, 0.3) is 0 Å². The monoisotopic (exact) mass is 416 g/mol. The van der Waals surface area contributed by atoms with Crippen molar-refractivity contribution in [2.75, 3.05) is 39.3 Å². The summed E-state index contributed by atoms with van der Waals surface area (Å²) in [7, 11) is 0. The molecule has 0 unspecified atom stereocenters. The number of carbonyl (C=O) groups excluding carboxylic acids is 1. The van der Waals surface area contributed by atoms with Crippen LogP contribution in [0, 0.1) is 23.2 Å². The first-order chi connectivity index (χ1) is 14.6. The van der Waals surface area contributed by atoms with Crippen LogP contribution >= 0.6 is 0 Å². The first kappa shape index (κ1) is 20.0. The molecule has 3 aliphatic carbocycles. The molecule has 0 aromatic rings. The second-order valence-corrected chi connectivity index (χ2v) is 11.7. The number of esters is 1. The molecule has 3 saturated heterocycles. The highest BCUT2D eigenvalue weighted by atomic mass is 16.6. The van der Waals surface area contributed by atoms with E-state index in [2.05, 4.69) is 16.7 Å². The second kappa shape index (κ2) is 7.45. The molecule has 3 heterocycles. The van der Waals surface area contributed by atoms with Gasteiger partial charge in [-0.05, 0) is 56.3 Å². The molecule has 0 aromatic heterocycles. The average molecular weight is 417 g/mol. The molecule has 6 atom stereocenters. The summed E-state index contributed by atoms with van der Waals surface area (Å²) < 4.78 is 12.1. The lowest BCUT2D eigenvalue weighted by atomic mass is 9.53. The van der Waals surface area contributed by atoms with Gasteiger partial charge in [-0.2, -0.15) is 0 Å². The van der Waals surface area contributed by atoms with E-state index in [0.717, 1.165) is 45.1 Å². The molecule has 168 valence electrons. The molecule has 0 bridgehead atoms. The van der Waals surface area contributed by atoms with E-state index >= 15 is 0 Å². The van der Waals surface area contributed by atoms with Gasteiger partial charge in [0.2, 0.25) is 0 Å². The molecule has 0 aromatic carbocycles. The van der Waals surface area contributed by atoms with Crippen molar-refractivity contribution in [3.8, 4) is 0 Å². The van der Waals surface area contributed by atoms with E-state index in [0.29, 0.717) is 17.3 Å². The minimum atomic E-state index is 0.0820. The number of piperazine rings is 1. The van der Waals surface area contributed by atoms with Gasteiger partial charge in [0.1, 0.15) is 6.10 Å². The molecule has 0 amide bonds. The fourth-order valence-electron chi connectivity index (χ4n) is 8.20. The Labute approximate surface area is 181 Å². The molecule has 0 N–H and O–H groups in total. The van der Waals surface area contributed by atoms with Crippen LogP contribution in [0.5, 0.6) is 0 Å². The fraction of sp³-hybridized carbons (Fsp3) is 0.960. The Morgan fingerprint density at radius 2 is 1.80 bits per heavy atom. The summed E-state index contributed by atoms with van der Waals surface area (Å²) in [4.78, 5) is 18.2. The van der Waals surface area contributed by atoms with Gasteiger partial charge in [-0.25, -0.2) is 0 Å². The highest BCUT2D eigenvalue weighted by Crippen LogP contribution is 2.62. The zero-order valence-corrected chi connectivity index (χ0v) is 18.8. The molecule has 3 aliphatic heterocycles. The Morgan fingerprint density at radius 3 is 2.53 bits per heavy atom. The minimum Gasteiger partial charge on any atom is -0.462 e. The summed E-state index contributed by atoms with van der Waals surface area (Å²) in [5.41, 5.74) is 0.455. The molecule has 5 heteroatoms. The largest absolute Gasteiger partial charge is 0.462 e. The number of hydrogen-bond acceptors (Lipinski definition) is 5. The summed E-state index contributed by atoms with van der Waals surface area (Å²) in [5.74, 6) is 1.21. The molecule has 6 fully saturated rings. The molecular weight excluding hydrogens is 376 g/mol. The Morgan fingerprint density at radius 1 is 1.03 bits per heavy atom. The van der Waals surface area contributed by atoms with Gasteiger partial charge in [-0.3, -0.25) is 14.6 Å². The third-order valence-corrected chi connectivity index (χ3v) is 10.0. The van der Waals surface area contributed by atoms with Crippen molar-refractivity contribution in [1.82, 2.24) is 9.80 Å². The number of fused-ring (bicyclic) bond motifs is 3. The van der Waals surface area contributed by atoms with Crippen molar-refractivity contribution < 1.29 is 14.3 Å². The van der Waals surface area contributed by atoms with Crippen LogP contribution in [0.2, 0.25) is 0 Å². The number of rotatable bonds is 3. The van der Waals surface area contributed by atoms with Gasteiger partial charge in [-0.15, -0.1) is 0 Å². The number of nitrogens with zero attached hydrogens (tertiary/aromatic N) is 2. The van der Waals surface area contributed by atoms with Crippen molar-refractivity contribution in [3.05, 3.63) is 0 Å². The van der Waals surface area contributed by atoms with Crippen LogP contribution in [0.4, 0.5) is 0 Å². The predicted octanol–water partition coefficient (Wildman–Crippen LogP) is 3.46. The zero-order valence-electron chi connectivity index (χ0n) is 18.8. The third-order valence-electron chi connectivity index (χ3n) is 10.0. The lowest BCUT2D eigenvalue weighted by molar-refractivity contribution is -0.147. The van der Waals surface area contributed by atoms with E-state index in [1.165, 1.54) is 64.5 Å². The van der Waals surface area contributed by atoms with Crippen molar-refractivity contribution in [2.24, 2.45) is 23.2 Å². The number of epoxide rings is 1. The maximum Gasteiger partial charge on any atom is 0.310 e. The normalized spacial score (nSPS) is 47.7. The molecule has 0 radical (unpaired) electrons. The Kier molecular flexibility index (Phi) is 4.97. The minimum absolute atomic E-state index is 0.0820. The van der Waals surface area contributed by atoms with Gasteiger partial charge in [0.05, 0.1) is 18.1 Å². The van der Waals surface area contributed by atoms with E-state index < -0.39 is 0 Å². The second-order valence-electron chi connectivity index (χ2n) is 11.7. The standard InChI is InChI=1S/C25H40N2O3/c1-24-8-5-9-25(17-29-25)22(24)14-19-20(23(28)30-21(19)15-24)16-26-10-12-27(13-11-26)18-6-3-2-4-7-18/h18-22H,2-17H2,1H3/t19-,20-,21-,22-,24-,25+/m1/s1. The molecule has 30 heavy (non-hydrogen) atoms. The van der Waals surface area contributed by atoms with Crippen molar-refractivity contribution >= 4 is 5.97 Å². The molecule has 6 aliphatic rings. The summed E-state index contributed by atoms with van der Waals surface area (Å²) in [6, 6.07) is 0.818. The van der Waals surface area contributed by atoms with Crippen LogP contribution < -0.4 is 0 Å². The lowest BCUT2D eigenvalue weighted by Gasteiger charge is -2.51. The molecule has 5 nitrogen and oxygen atoms in total. The Bertz CT molecular complexity index is 665. The van der Waals surface area contributed by atoms with Crippen LogP contribution in [0.3, 0.4) is 0 Å². The van der Waals surface area contributed by atoms with Gasteiger partial charge in [0, 0.05) is 44.7 Å². The summed E-state index contributed by atoms with van der Waals surface area (Å²) in [6.45, 7) is 8.90. The van der Waals surface area contributed by atoms with E-state index in [1.54, 1.807) is 0 Å². The van der Waals surface area contributed by atoms with Gasteiger partial charge in [0.25, 0.3) is 0 Å².